The first-order chi connectivity index (χ1) is 14.0. The van der Waals surface area contributed by atoms with Gasteiger partial charge in [0.1, 0.15) is 0 Å². The average molecular weight is 476 g/mol. The smallest absolute Gasteiger partial charge is 0.239 e. The zero-order valence-corrected chi connectivity index (χ0v) is 19.1. The zero-order valence-electron chi connectivity index (χ0n) is 16.7. The van der Waals surface area contributed by atoms with Crippen molar-refractivity contribution in [3.8, 4) is 0 Å². The molecule has 1 aromatic carbocycles. The van der Waals surface area contributed by atoms with E-state index >= 15 is 0 Å². The quantitative estimate of drug-likeness (QED) is 0.545. The normalized spacial score (nSPS) is 39.7. The molecule has 5 atom stereocenters. The molecular formula is C23H26BrNO3S. The molecule has 2 saturated heterocycles. The lowest BCUT2D eigenvalue weighted by Gasteiger charge is -2.34. The van der Waals surface area contributed by atoms with Crippen molar-refractivity contribution >= 4 is 44.2 Å². The standard InChI is InChI=1S/C23H26BrNO3S/c1-22-16-13-9-4-2-3-5-10-14-23(19(16)24,29(22)28)18-17(22)20(26)25(21(18)27)15-11-7-6-8-12-15/h6-8,11-12,17-18H,2-5,9-10,13-14H2,1H3/t17-,18+,22?,23+,29?/m0/s1. The van der Waals surface area contributed by atoms with Crippen LogP contribution in [0.15, 0.2) is 40.4 Å². The van der Waals surface area contributed by atoms with Gasteiger partial charge in [0, 0.05) is 15.3 Å². The molecule has 3 heterocycles. The minimum absolute atomic E-state index is 0.170. The summed E-state index contributed by atoms with van der Waals surface area (Å²) in [6.07, 6.45) is 8.23. The molecule has 0 saturated carbocycles. The molecule has 5 rings (SSSR count). The summed E-state index contributed by atoms with van der Waals surface area (Å²) in [6, 6.07) is 9.20. The summed E-state index contributed by atoms with van der Waals surface area (Å²) in [5, 5.41) is 0. The van der Waals surface area contributed by atoms with E-state index in [2.05, 4.69) is 15.9 Å². The van der Waals surface area contributed by atoms with Crippen LogP contribution < -0.4 is 4.90 Å². The molecule has 0 radical (unpaired) electrons. The lowest BCUT2D eigenvalue weighted by molar-refractivity contribution is -0.122. The number of nitrogens with zero attached hydrogens (tertiary/aromatic N) is 1. The minimum Gasteiger partial charge on any atom is -0.274 e. The fraction of sp³-hybridized carbons (Fsp3) is 0.565. The Morgan fingerprint density at radius 2 is 1.59 bits per heavy atom. The fourth-order valence-corrected chi connectivity index (χ4v) is 10.6. The third kappa shape index (κ3) is 2.39. The second-order valence-electron chi connectivity index (χ2n) is 8.98. The van der Waals surface area contributed by atoms with Gasteiger partial charge in [-0.05, 0) is 43.9 Å². The number of rotatable bonds is 1. The summed E-state index contributed by atoms with van der Waals surface area (Å²) in [7, 11) is -1.28. The number of carbonyl (C=O) groups excluding carboxylic acids is 2. The van der Waals surface area contributed by atoms with Crippen molar-refractivity contribution in [1.29, 1.82) is 0 Å². The van der Waals surface area contributed by atoms with Crippen molar-refractivity contribution in [3.05, 3.63) is 40.4 Å². The summed E-state index contributed by atoms with van der Waals surface area (Å²) < 4.78 is 13.5. The number of fused-ring (bicyclic) bond motifs is 4. The Bertz CT molecular complexity index is 945. The van der Waals surface area contributed by atoms with Gasteiger partial charge in [-0.25, -0.2) is 4.90 Å². The molecule has 2 fully saturated rings. The molecule has 0 aromatic heterocycles. The van der Waals surface area contributed by atoms with Crippen LogP contribution in [0.2, 0.25) is 0 Å². The Morgan fingerprint density at radius 3 is 2.31 bits per heavy atom. The maximum atomic E-state index is 14.0. The summed E-state index contributed by atoms with van der Waals surface area (Å²) in [5.41, 5.74) is 1.76. The van der Waals surface area contributed by atoms with E-state index in [0.29, 0.717) is 12.1 Å². The van der Waals surface area contributed by atoms with Crippen molar-refractivity contribution in [2.75, 3.05) is 4.90 Å². The second kappa shape index (κ2) is 6.88. The van der Waals surface area contributed by atoms with E-state index in [1.807, 2.05) is 37.3 Å². The van der Waals surface area contributed by atoms with Crippen molar-refractivity contribution in [3.63, 3.8) is 0 Å². The number of halogens is 1. The molecule has 29 heavy (non-hydrogen) atoms. The third-order valence-electron chi connectivity index (χ3n) is 7.59. The van der Waals surface area contributed by atoms with E-state index in [1.165, 1.54) is 17.7 Å². The van der Waals surface area contributed by atoms with Crippen LogP contribution in [0, 0.1) is 11.8 Å². The number of carbonyl (C=O) groups is 2. The topological polar surface area (TPSA) is 54.5 Å². The van der Waals surface area contributed by atoms with Gasteiger partial charge in [0.05, 0.1) is 27.0 Å². The van der Waals surface area contributed by atoms with Crippen LogP contribution in [0.4, 0.5) is 5.69 Å². The third-order valence-corrected chi connectivity index (χ3v) is 11.6. The highest BCUT2D eigenvalue weighted by Gasteiger charge is 2.79. The van der Waals surface area contributed by atoms with Gasteiger partial charge < -0.3 is 0 Å². The largest absolute Gasteiger partial charge is 0.274 e. The Balaban J connectivity index is 1.66. The molecule has 3 bridgehead atoms. The van der Waals surface area contributed by atoms with Crippen LogP contribution in [-0.4, -0.2) is 25.5 Å². The maximum Gasteiger partial charge on any atom is 0.239 e. The number of hydrogen-bond donors (Lipinski definition) is 0. The molecule has 2 amide bonds. The van der Waals surface area contributed by atoms with Crippen molar-refractivity contribution < 1.29 is 13.8 Å². The number of amides is 2. The van der Waals surface area contributed by atoms with Gasteiger partial charge in [0.15, 0.2) is 0 Å². The highest BCUT2D eigenvalue weighted by molar-refractivity contribution is 9.12. The second-order valence-corrected chi connectivity index (χ2v) is 11.9. The van der Waals surface area contributed by atoms with Gasteiger partial charge in [-0.2, -0.15) is 0 Å². The van der Waals surface area contributed by atoms with E-state index in [9.17, 15) is 13.8 Å². The number of hydrogen-bond acceptors (Lipinski definition) is 3. The molecule has 6 heteroatoms. The Hall–Kier alpha value is -1.27. The van der Waals surface area contributed by atoms with Gasteiger partial charge in [0.25, 0.3) is 0 Å². The minimum atomic E-state index is -1.28. The molecule has 1 spiro atoms. The molecule has 154 valence electrons. The van der Waals surface area contributed by atoms with E-state index in [0.717, 1.165) is 42.2 Å². The first kappa shape index (κ1) is 19.7. The molecule has 4 nitrogen and oxygen atoms in total. The van der Waals surface area contributed by atoms with Crippen LogP contribution in [0.1, 0.15) is 58.3 Å². The molecular weight excluding hydrogens is 450 g/mol. The summed E-state index contributed by atoms with van der Waals surface area (Å²) in [6.45, 7) is 1.98. The predicted molar refractivity (Wildman–Crippen MR) is 118 cm³/mol. The fourth-order valence-electron chi connectivity index (χ4n) is 6.24. The van der Waals surface area contributed by atoms with Crippen LogP contribution in [0.5, 0.6) is 0 Å². The van der Waals surface area contributed by atoms with Gasteiger partial charge >= 0.3 is 0 Å². The summed E-state index contributed by atoms with van der Waals surface area (Å²) in [4.78, 5) is 28.7. The molecule has 1 aliphatic carbocycles. The molecule has 4 aliphatic rings. The van der Waals surface area contributed by atoms with Crippen LogP contribution in [-0.2, 0) is 20.4 Å². The Kier molecular flexibility index (Phi) is 4.67. The van der Waals surface area contributed by atoms with E-state index in [-0.39, 0.29) is 11.8 Å². The highest BCUT2D eigenvalue weighted by Crippen LogP contribution is 2.69. The van der Waals surface area contributed by atoms with Crippen molar-refractivity contribution in [1.82, 2.24) is 0 Å². The van der Waals surface area contributed by atoms with Crippen molar-refractivity contribution in [2.45, 2.75) is 67.8 Å². The predicted octanol–water partition coefficient (Wildman–Crippen LogP) is 4.85. The maximum absolute atomic E-state index is 14.0. The monoisotopic (exact) mass is 475 g/mol. The summed E-state index contributed by atoms with van der Waals surface area (Å²) in [5.74, 6) is -1.39. The lowest BCUT2D eigenvalue weighted by Crippen LogP contribution is -2.43. The van der Waals surface area contributed by atoms with Crippen LogP contribution in [0.3, 0.4) is 0 Å². The van der Waals surface area contributed by atoms with Crippen LogP contribution in [0.25, 0.3) is 0 Å². The van der Waals surface area contributed by atoms with Gasteiger partial charge in [-0.3, -0.25) is 13.8 Å². The summed E-state index contributed by atoms with van der Waals surface area (Å²) >= 11 is 3.84. The SMILES string of the molecule is CC12C3=C(Br)[C@@](CCCCCCCC3)([C@H]3C(=O)N(c4ccccc4)C(=O)[C@H]31)S2=O. The average Bonchev–Trinajstić information content (AvgIpc) is 3.15. The highest BCUT2D eigenvalue weighted by atomic mass is 79.9. The number of imide groups is 1. The zero-order chi connectivity index (χ0) is 20.4. The number of para-hydroxylation sites is 1. The first-order valence-electron chi connectivity index (χ1n) is 10.7. The Morgan fingerprint density at radius 1 is 0.966 bits per heavy atom. The number of anilines is 1. The molecule has 1 aromatic rings. The van der Waals surface area contributed by atoms with E-state index < -0.39 is 32.1 Å². The van der Waals surface area contributed by atoms with Crippen LogP contribution >= 0.6 is 15.9 Å². The van der Waals surface area contributed by atoms with E-state index in [1.54, 1.807) is 0 Å². The van der Waals surface area contributed by atoms with Gasteiger partial charge in [-0.15, -0.1) is 0 Å². The van der Waals surface area contributed by atoms with Crippen molar-refractivity contribution in [2.24, 2.45) is 11.8 Å². The van der Waals surface area contributed by atoms with Gasteiger partial charge in [-0.1, -0.05) is 66.2 Å². The first-order valence-corrected chi connectivity index (χ1v) is 12.6. The molecule has 2 unspecified atom stereocenters. The Labute approximate surface area is 182 Å². The van der Waals surface area contributed by atoms with E-state index in [4.69, 9.17) is 0 Å². The number of benzene rings is 1. The van der Waals surface area contributed by atoms with Gasteiger partial charge in [0.2, 0.25) is 11.8 Å². The molecule has 3 aliphatic heterocycles. The molecule has 0 N–H and O–H groups in total. The lowest BCUT2D eigenvalue weighted by atomic mass is 9.67.